The van der Waals surface area contributed by atoms with Gasteiger partial charge in [-0.2, -0.15) is 0 Å². The fourth-order valence-corrected chi connectivity index (χ4v) is 2.04. The van der Waals surface area contributed by atoms with Crippen molar-refractivity contribution in [2.45, 2.75) is 39.7 Å². The molecule has 1 aromatic rings. The van der Waals surface area contributed by atoms with E-state index in [9.17, 15) is 9.18 Å². The van der Waals surface area contributed by atoms with Crippen molar-refractivity contribution in [3.63, 3.8) is 0 Å². The first-order chi connectivity index (χ1) is 12.0. The number of esters is 1. The van der Waals surface area contributed by atoms with Crippen LogP contribution in [0.3, 0.4) is 0 Å². The van der Waals surface area contributed by atoms with Gasteiger partial charge in [-0.3, -0.25) is 4.79 Å². The predicted octanol–water partition coefficient (Wildman–Crippen LogP) is 2.49. The van der Waals surface area contributed by atoms with Crippen molar-refractivity contribution in [2.75, 3.05) is 26.2 Å². The second-order valence-electron chi connectivity index (χ2n) is 5.44. The van der Waals surface area contributed by atoms with Gasteiger partial charge in [0.1, 0.15) is 17.7 Å². The molecule has 1 atom stereocenters. The second kappa shape index (κ2) is 12.1. The number of ether oxygens (including phenoxy) is 2. The molecule has 0 aromatic heterocycles. The lowest BCUT2D eigenvalue weighted by molar-refractivity contribution is -0.143. The lowest BCUT2D eigenvalue weighted by atomic mass is 10.3. The third-order valence-electron chi connectivity index (χ3n) is 3.14. The van der Waals surface area contributed by atoms with Crippen LogP contribution in [0.1, 0.15) is 33.6 Å². The maximum Gasteiger partial charge on any atom is 0.305 e. The highest BCUT2D eigenvalue weighted by Gasteiger charge is 2.06. The average molecular weight is 353 g/mol. The summed E-state index contributed by atoms with van der Waals surface area (Å²) in [6, 6.07) is 6.04. The van der Waals surface area contributed by atoms with Crippen molar-refractivity contribution < 1.29 is 18.7 Å². The van der Waals surface area contributed by atoms with Gasteiger partial charge in [-0.25, -0.2) is 9.38 Å². The van der Waals surface area contributed by atoms with Gasteiger partial charge >= 0.3 is 5.97 Å². The summed E-state index contributed by atoms with van der Waals surface area (Å²) >= 11 is 0. The van der Waals surface area contributed by atoms with Crippen molar-refractivity contribution in [3.05, 3.63) is 30.1 Å². The number of carbonyl (C=O) groups excluding carboxylic acids is 1. The van der Waals surface area contributed by atoms with E-state index < -0.39 is 0 Å². The molecule has 0 bridgehead atoms. The van der Waals surface area contributed by atoms with Crippen LogP contribution in [-0.4, -0.2) is 44.3 Å². The van der Waals surface area contributed by atoms with E-state index in [0.717, 1.165) is 6.54 Å². The molecule has 0 aliphatic rings. The van der Waals surface area contributed by atoms with Gasteiger partial charge in [-0.1, -0.05) is 6.07 Å². The zero-order valence-electron chi connectivity index (χ0n) is 15.2. The van der Waals surface area contributed by atoms with Crippen LogP contribution < -0.4 is 15.4 Å². The molecule has 25 heavy (non-hydrogen) atoms. The molecule has 2 N–H and O–H groups in total. The number of nitrogens with one attached hydrogen (secondary N) is 2. The normalized spacial score (nSPS) is 12.4. The van der Waals surface area contributed by atoms with E-state index in [2.05, 4.69) is 15.6 Å². The topological polar surface area (TPSA) is 72.0 Å². The Kier molecular flexibility index (Phi) is 10.0. The fraction of sp³-hybridized carbons (Fsp3) is 0.556. The smallest absolute Gasteiger partial charge is 0.305 e. The highest BCUT2D eigenvalue weighted by atomic mass is 19.1. The van der Waals surface area contributed by atoms with E-state index in [1.165, 1.54) is 12.1 Å². The number of nitrogens with zero attached hydrogens (tertiary/aromatic N) is 1. The van der Waals surface area contributed by atoms with E-state index in [1.807, 2.05) is 13.8 Å². The number of aliphatic imine (C=N–C) groups is 1. The molecule has 7 heteroatoms. The number of rotatable bonds is 10. The van der Waals surface area contributed by atoms with Crippen LogP contribution in [0, 0.1) is 5.82 Å². The molecule has 0 saturated heterocycles. The second-order valence-corrected chi connectivity index (χ2v) is 5.44. The Hall–Kier alpha value is -2.31. The lowest BCUT2D eigenvalue weighted by Gasteiger charge is -2.15. The highest BCUT2D eigenvalue weighted by molar-refractivity contribution is 5.79. The van der Waals surface area contributed by atoms with Gasteiger partial charge in [0.2, 0.25) is 0 Å². The summed E-state index contributed by atoms with van der Waals surface area (Å²) in [5.41, 5.74) is 0. The number of halogens is 1. The Bertz CT molecular complexity index is 552. The Morgan fingerprint density at radius 1 is 1.32 bits per heavy atom. The molecule has 0 saturated carbocycles. The van der Waals surface area contributed by atoms with E-state index in [1.54, 1.807) is 19.1 Å². The van der Waals surface area contributed by atoms with Gasteiger partial charge in [-0.05, 0) is 39.3 Å². The minimum absolute atomic E-state index is 0.191. The molecule has 0 radical (unpaired) electrons. The van der Waals surface area contributed by atoms with Crippen molar-refractivity contribution in [1.29, 1.82) is 0 Å². The molecule has 1 rings (SSSR count). The largest absolute Gasteiger partial charge is 0.489 e. The molecule has 1 unspecified atom stereocenters. The van der Waals surface area contributed by atoms with Crippen LogP contribution in [0.2, 0.25) is 0 Å². The zero-order chi connectivity index (χ0) is 18.5. The molecular weight excluding hydrogens is 325 g/mol. The van der Waals surface area contributed by atoms with E-state index in [0.29, 0.717) is 44.2 Å². The first-order valence-corrected chi connectivity index (χ1v) is 8.65. The van der Waals surface area contributed by atoms with Crippen LogP contribution >= 0.6 is 0 Å². The summed E-state index contributed by atoms with van der Waals surface area (Å²) in [7, 11) is 0. The molecule has 0 fully saturated rings. The minimum atomic E-state index is -0.329. The van der Waals surface area contributed by atoms with Gasteiger partial charge in [-0.15, -0.1) is 0 Å². The van der Waals surface area contributed by atoms with Gasteiger partial charge in [0.25, 0.3) is 0 Å². The zero-order valence-corrected chi connectivity index (χ0v) is 15.2. The number of benzene rings is 1. The molecule has 1 aromatic carbocycles. The van der Waals surface area contributed by atoms with Gasteiger partial charge in [0.15, 0.2) is 5.96 Å². The summed E-state index contributed by atoms with van der Waals surface area (Å²) in [5, 5.41) is 6.29. The molecule has 0 aliphatic heterocycles. The maximum atomic E-state index is 13.1. The summed E-state index contributed by atoms with van der Waals surface area (Å²) in [6.07, 6.45) is 0.842. The molecule has 6 nitrogen and oxygen atoms in total. The Balaban J connectivity index is 2.39. The number of hydrogen-bond acceptors (Lipinski definition) is 4. The summed E-state index contributed by atoms with van der Waals surface area (Å²) in [5.74, 6) is 0.615. The SMILES string of the molecule is CCNC(=NCC(C)Oc1cccc(F)c1)NCCCC(=O)OCC. The molecule has 0 amide bonds. The number of carbonyl (C=O) groups is 1. The number of guanidine groups is 1. The number of hydrogen-bond donors (Lipinski definition) is 2. The van der Waals surface area contributed by atoms with Gasteiger partial charge in [0, 0.05) is 25.6 Å². The Morgan fingerprint density at radius 3 is 2.80 bits per heavy atom. The Labute approximate surface area is 148 Å². The van der Waals surface area contributed by atoms with Crippen molar-refractivity contribution in [1.82, 2.24) is 10.6 Å². The van der Waals surface area contributed by atoms with Crippen molar-refractivity contribution in [2.24, 2.45) is 4.99 Å². The first kappa shape index (κ1) is 20.7. The first-order valence-electron chi connectivity index (χ1n) is 8.65. The molecule has 0 spiro atoms. The van der Waals surface area contributed by atoms with E-state index >= 15 is 0 Å². The van der Waals surface area contributed by atoms with Crippen LogP contribution in [0.25, 0.3) is 0 Å². The predicted molar refractivity (Wildman–Crippen MR) is 96.3 cm³/mol. The summed E-state index contributed by atoms with van der Waals surface area (Å²) in [6.45, 7) is 7.80. The fourth-order valence-electron chi connectivity index (χ4n) is 2.04. The molecular formula is C18H28FN3O3. The van der Waals surface area contributed by atoms with Crippen molar-refractivity contribution >= 4 is 11.9 Å². The van der Waals surface area contributed by atoms with E-state index in [4.69, 9.17) is 9.47 Å². The van der Waals surface area contributed by atoms with Gasteiger partial charge in [0.05, 0.1) is 13.2 Å². The standard InChI is InChI=1S/C18H28FN3O3/c1-4-20-18(21-11-7-10-17(23)24-5-2)22-13-14(3)25-16-9-6-8-15(19)12-16/h6,8-9,12,14H,4-5,7,10-11,13H2,1-3H3,(H2,20,21,22). The van der Waals surface area contributed by atoms with Crippen molar-refractivity contribution in [3.8, 4) is 5.75 Å². The van der Waals surface area contributed by atoms with Crippen LogP contribution in [-0.2, 0) is 9.53 Å². The summed E-state index contributed by atoms with van der Waals surface area (Å²) < 4.78 is 23.7. The summed E-state index contributed by atoms with van der Waals surface area (Å²) in [4.78, 5) is 15.7. The monoisotopic (exact) mass is 353 g/mol. The van der Waals surface area contributed by atoms with Crippen LogP contribution in [0.4, 0.5) is 4.39 Å². The third kappa shape index (κ3) is 9.54. The molecule has 0 aliphatic carbocycles. The van der Waals surface area contributed by atoms with E-state index in [-0.39, 0.29) is 17.9 Å². The quantitative estimate of drug-likeness (QED) is 0.293. The highest BCUT2D eigenvalue weighted by Crippen LogP contribution is 2.13. The Morgan fingerprint density at radius 2 is 2.12 bits per heavy atom. The third-order valence-corrected chi connectivity index (χ3v) is 3.14. The van der Waals surface area contributed by atoms with Crippen LogP contribution in [0.5, 0.6) is 5.75 Å². The van der Waals surface area contributed by atoms with Crippen LogP contribution in [0.15, 0.2) is 29.3 Å². The maximum absolute atomic E-state index is 13.1. The lowest BCUT2D eigenvalue weighted by Crippen LogP contribution is -2.38. The molecule has 140 valence electrons. The average Bonchev–Trinajstić information content (AvgIpc) is 2.56. The van der Waals surface area contributed by atoms with Gasteiger partial charge < -0.3 is 20.1 Å². The molecule has 0 heterocycles. The minimum Gasteiger partial charge on any atom is -0.489 e.